The van der Waals surface area contributed by atoms with Gasteiger partial charge >= 0.3 is 6.09 Å². The van der Waals surface area contributed by atoms with Gasteiger partial charge in [0.05, 0.1) is 24.2 Å². The van der Waals surface area contributed by atoms with E-state index in [0.29, 0.717) is 17.9 Å². The number of benzene rings is 2. The van der Waals surface area contributed by atoms with Crippen molar-refractivity contribution >= 4 is 29.8 Å². The second kappa shape index (κ2) is 12.3. The number of nitrogens with zero attached hydrogens (tertiary/aromatic N) is 2. The predicted molar refractivity (Wildman–Crippen MR) is 126 cm³/mol. The third-order valence-electron chi connectivity index (χ3n) is 4.54. The zero-order valence-corrected chi connectivity index (χ0v) is 19.1. The molecule has 1 aromatic heterocycles. The van der Waals surface area contributed by atoms with Crippen LogP contribution < -0.4 is 15.5 Å². The second-order valence-electron chi connectivity index (χ2n) is 7.06. The Balaban J connectivity index is 1.63. The van der Waals surface area contributed by atoms with Gasteiger partial charge in [0.15, 0.2) is 11.5 Å². The van der Waals surface area contributed by atoms with Gasteiger partial charge in [-0.25, -0.2) is 15.2 Å². The zero-order valence-electron chi connectivity index (χ0n) is 18.3. The number of halogens is 1. The average Bonchev–Trinajstić information content (AvgIpc) is 3.34. The fourth-order valence-corrected chi connectivity index (χ4v) is 3.13. The van der Waals surface area contributed by atoms with Gasteiger partial charge in [-0.05, 0) is 30.2 Å². The number of amides is 2. The first-order valence-electron chi connectivity index (χ1n) is 10.4. The number of alkyl carbamates (subject to hydrolysis) is 1. The highest BCUT2D eigenvalue weighted by atomic mass is 35.5. The number of aromatic nitrogens is 2. The van der Waals surface area contributed by atoms with E-state index in [4.69, 9.17) is 21.1 Å². The van der Waals surface area contributed by atoms with Crippen LogP contribution >= 0.6 is 11.6 Å². The Morgan fingerprint density at radius 1 is 1.29 bits per heavy atom. The number of ether oxygens (including phenoxy) is 2. The van der Waals surface area contributed by atoms with Gasteiger partial charge in [-0.2, -0.15) is 5.10 Å². The number of hydrazone groups is 1. The van der Waals surface area contributed by atoms with E-state index < -0.39 is 18.0 Å². The minimum Gasteiger partial charge on any atom is -0.503 e. The molecule has 3 aromatic rings. The van der Waals surface area contributed by atoms with Crippen LogP contribution in [-0.4, -0.2) is 45.9 Å². The molecule has 1 atom stereocenters. The van der Waals surface area contributed by atoms with Crippen LogP contribution in [0.2, 0.25) is 5.02 Å². The van der Waals surface area contributed by atoms with Gasteiger partial charge < -0.3 is 24.9 Å². The van der Waals surface area contributed by atoms with E-state index in [1.165, 1.54) is 24.7 Å². The van der Waals surface area contributed by atoms with E-state index >= 15 is 0 Å². The molecule has 178 valence electrons. The van der Waals surface area contributed by atoms with Crippen LogP contribution in [0.5, 0.6) is 11.5 Å². The Morgan fingerprint density at radius 3 is 2.79 bits per heavy atom. The molecule has 10 nitrogen and oxygen atoms in total. The van der Waals surface area contributed by atoms with Crippen molar-refractivity contribution in [3.63, 3.8) is 0 Å². The average molecular weight is 486 g/mol. The summed E-state index contributed by atoms with van der Waals surface area (Å²) >= 11 is 6.01. The van der Waals surface area contributed by atoms with Crippen LogP contribution in [0.1, 0.15) is 23.7 Å². The van der Waals surface area contributed by atoms with E-state index in [2.05, 4.69) is 25.8 Å². The van der Waals surface area contributed by atoms with E-state index in [0.717, 1.165) is 5.56 Å². The normalized spacial score (nSPS) is 11.7. The van der Waals surface area contributed by atoms with Crippen molar-refractivity contribution in [2.24, 2.45) is 5.10 Å². The van der Waals surface area contributed by atoms with Crippen molar-refractivity contribution in [3.8, 4) is 11.5 Å². The third-order valence-corrected chi connectivity index (χ3v) is 4.83. The molecule has 0 aliphatic heterocycles. The summed E-state index contributed by atoms with van der Waals surface area (Å²) in [6, 6.07) is 11.2. The first-order chi connectivity index (χ1) is 16.5. The highest BCUT2D eigenvalue weighted by Crippen LogP contribution is 2.34. The smallest absolute Gasteiger partial charge is 0.408 e. The summed E-state index contributed by atoms with van der Waals surface area (Å²) in [5.41, 5.74) is 4.33. The fourth-order valence-electron chi connectivity index (χ4n) is 2.91. The van der Waals surface area contributed by atoms with Crippen molar-refractivity contribution in [2.45, 2.75) is 26.0 Å². The molecule has 0 bridgehead atoms. The Morgan fingerprint density at radius 2 is 2.09 bits per heavy atom. The number of hydrogen-bond acceptors (Lipinski definition) is 7. The van der Waals surface area contributed by atoms with Crippen molar-refractivity contribution in [1.29, 1.82) is 0 Å². The summed E-state index contributed by atoms with van der Waals surface area (Å²) < 4.78 is 10.5. The number of aromatic hydroxyl groups is 1. The molecule has 4 N–H and O–H groups in total. The molecular weight excluding hydrogens is 462 g/mol. The number of phenols is 1. The number of carbonyl (C=O) groups is 2. The molecule has 0 saturated carbocycles. The minimum absolute atomic E-state index is 0.0625. The van der Waals surface area contributed by atoms with Crippen molar-refractivity contribution in [3.05, 3.63) is 76.8 Å². The molecule has 1 heterocycles. The monoisotopic (exact) mass is 485 g/mol. The van der Waals surface area contributed by atoms with Crippen LogP contribution in [0.4, 0.5) is 4.79 Å². The van der Waals surface area contributed by atoms with Crippen molar-refractivity contribution in [1.82, 2.24) is 20.7 Å². The number of aromatic amines is 1. The molecule has 3 rings (SSSR count). The summed E-state index contributed by atoms with van der Waals surface area (Å²) in [5.74, 6) is -0.553. The topological polar surface area (TPSA) is 138 Å². The molecule has 11 heteroatoms. The zero-order chi connectivity index (χ0) is 24.3. The number of hydrogen-bond donors (Lipinski definition) is 4. The summed E-state index contributed by atoms with van der Waals surface area (Å²) in [7, 11) is 0. The SMILES string of the molecule is CCOc1cc(/C=N\NC(=O)[C@H](Cc2cnc[nH]2)NC(=O)OCc2ccccc2)cc(Cl)c1O. The molecule has 0 saturated heterocycles. The summed E-state index contributed by atoms with van der Waals surface area (Å²) in [4.78, 5) is 31.8. The van der Waals surface area contributed by atoms with Crippen LogP contribution in [0, 0.1) is 0 Å². The first-order valence-corrected chi connectivity index (χ1v) is 10.8. The van der Waals surface area contributed by atoms with Crippen LogP contribution in [0.15, 0.2) is 60.1 Å². The van der Waals surface area contributed by atoms with Gasteiger partial charge in [0.25, 0.3) is 5.91 Å². The highest BCUT2D eigenvalue weighted by molar-refractivity contribution is 6.32. The lowest BCUT2D eigenvalue weighted by Crippen LogP contribution is -2.47. The molecule has 0 unspecified atom stereocenters. The van der Waals surface area contributed by atoms with Crippen molar-refractivity contribution in [2.75, 3.05) is 6.61 Å². The molecule has 0 spiro atoms. The molecule has 2 amide bonds. The maximum atomic E-state index is 12.7. The standard InChI is InChI=1S/C23H24ClN5O5/c1-2-33-20-9-16(8-18(24)21(20)30)11-27-29-22(31)19(10-17-12-25-14-26-17)28-23(32)34-13-15-6-4-3-5-7-15/h3-9,11-12,14,19,30H,2,10,13H2,1H3,(H,25,26)(H,28,32)(H,29,31)/b27-11-/t19-/m0/s1. The van der Waals surface area contributed by atoms with E-state index in [1.807, 2.05) is 30.3 Å². The van der Waals surface area contributed by atoms with Gasteiger partial charge in [-0.1, -0.05) is 41.9 Å². The van der Waals surface area contributed by atoms with E-state index in [1.54, 1.807) is 13.1 Å². The maximum absolute atomic E-state index is 12.7. The Labute approximate surface area is 201 Å². The number of H-pyrrole nitrogens is 1. The largest absolute Gasteiger partial charge is 0.503 e. The molecule has 0 fully saturated rings. The summed E-state index contributed by atoms with van der Waals surface area (Å²) in [6.07, 6.45) is 3.75. The maximum Gasteiger partial charge on any atom is 0.408 e. The Bertz CT molecular complexity index is 1120. The lowest BCUT2D eigenvalue weighted by atomic mass is 10.1. The highest BCUT2D eigenvalue weighted by Gasteiger charge is 2.22. The van der Waals surface area contributed by atoms with Gasteiger partial charge in [-0.3, -0.25) is 4.79 Å². The first kappa shape index (κ1) is 24.6. The van der Waals surface area contributed by atoms with E-state index in [-0.39, 0.29) is 29.5 Å². The number of nitrogens with one attached hydrogen (secondary N) is 3. The van der Waals surface area contributed by atoms with Gasteiger partial charge in [0.2, 0.25) is 0 Å². The quantitative estimate of drug-likeness (QED) is 0.257. The number of carbonyl (C=O) groups excluding carboxylic acids is 2. The van der Waals surface area contributed by atoms with Crippen LogP contribution in [0.3, 0.4) is 0 Å². The van der Waals surface area contributed by atoms with E-state index in [9.17, 15) is 14.7 Å². The number of phenolic OH excluding ortho intramolecular Hbond substituents is 1. The fraction of sp³-hybridized carbons (Fsp3) is 0.217. The predicted octanol–water partition coefficient (Wildman–Crippen LogP) is 3.16. The molecule has 0 aliphatic rings. The van der Waals surface area contributed by atoms with Gasteiger partial charge in [-0.15, -0.1) is 0 Å². The molecule has 34 heavy (non-hydrogen) atoms. The van der Waals surface area contributed by atoms with Gasteiger partial charge in [0.1, 0.15) is 12.6 Å². The van der Waals surface area contributed by atoms with Gasteiger partial charge in [0, 0.05) is 18.3 Å². The molecule has 2 aromatic carbocycles. The number of imidazole rings is 1. The third kappa shape index (κ3) is 7.24. The second-order valence-corrected chi connectivity index (χ2v) is 7.46. The lowest BCUT2D eigenvalue weighted by Gasteiger charge is -2.16. The summed E-state index contributed by atoms with van der Waals surface area (Å²) in [6.45, 7) is 2.17. The van der Waals surface area contributed by atoms with Crippen LogP contribution in [-0.2, 0) is 22.6 Å². The minimum atomic E-state index is -0.983. The molecule has 0 radical (unpaired) electrons. The lowest BCUT2D eigenvalue weighted by molar-refractivity contribution is -0.123. The Hall–Kier alpha value is -4.05. The summed E-state index contributed by atoms with van der Waals surface area (Å²) in [5, 5.41) is 16.5. The van der Waals surface area contributed by atoms with Crippen molar-refractivity contribution < 1.29 is 24.2 Å². The Kier molecular flexibility index (Phi) is 8.87. The van der Waals surface area contributed by atoms with Crippen LogP contribution in [0.25, 0.3) is 0 Å². The molecule has 0 aliphatic carbocycles. The number of rotatable bonds is 10. The molecular formula is C23H24ClN5O5.